The Morgan fingerprint density at radius 1 is 1.24 bits per heavy atom. The van der Waals surface area contributed by atoms with E-state index in [2.05, 4.69) is 9.71 Å². The highest BCUT2D eigenvalue weighted by molar-refractivity contribution is 7.89. The molecule has 1 heterocycles. The molecule has 0 saturated carbocycles. The van der Waals surface area contributed by atoms with Crippen LogP contribution in [0.3, 0.4) is 0 Å². The molecule has 114 valence electrons. The van der Waals surface area contributed by atoms with E-state index in [1.165, 1.54) is 0 Å². The van der Waals surface area contributed by atoms with E-state index < -0.39 is 10.0 Å². The van der Waals surface area contributed by atoms with E-state index in [0.717, 1.165) is 18.4 Å². The zero-order chi connectivity index (χ0) is 15.3. The molecule has 0 saturated heterocycles. The van der Waals surface area contributed by atoms with Crippen LogP contribution >= 0.6 is 0 Å². The first-order valence-corrected chi connectivity index (χ1v) is 8.23. The molecule has 0 aliphatic rings. The quantitative estimate of drug-likeness (QED) is 0.758. The van der Waals surface area contributed by atoms with Gasteiger partial charge in [0.05, 0.1) is 4.90 Å². The number of hydrogen-bond donors (Lipinski definition) is 2. The highest BCUT2D eigenvalue weighted by atomic mass is 32.2. The van der Waals surface area contributed by atoms with Crippen molar-refractivity contribution in [2.45, 2.75) is 24.7 Å². The van der Waals surface area contributed by atoms with Crippen LogP contribution < -0.4 is 10.5 Å². The summed E-state index contributed by atoms with van der Waals surface area (Å²) in [5.41, 5.74) is 6.87. The second-order valence-corrected chi connectivity index (χ2v) is 6.44. The minimum atomic E-state index is -3.47. The van der Waals surface area contributed by atoms with Gasteiger partial charge in [-0.15, -0.1) is 0 Å². The summed E-state index contributed by atoms with van der Waals surface area (Å²) in [4.78, 5) is 4.43. The highest BCUT2D eigenvalue weighted by Gasteiger charge is 2.13. The fourth-order valence-electron chi connectivity index (χ4n) is 1.86. The number of rotatable bonds is 7. The average molecular weight is 309 g/mol. The zero-order valence-corrected chi connectivity index (χ0v) is 12.7. The van der Waals surface area contributed by atoms with Crippen LogP contribution in [-0.4, -0.2) is 26.5 Å². The Bertz CT molecular complexity index is 678. The second-order valence-electron chi connectivity index (χ2n) is 4.67. The van der Waals surface area contributed by atoms with Gasteiger partial charge in [0.2, 0.25) is 10.0 Å². The average Bonchev–Trinajstić information content (AvgIpc) is 2.90. The largest absolute Gasteiger partial charge is 0.449 e. The molecular weight excluding hydrogens is 290 g/mol. The minimum absolute atomic E-state index is 0.235. The lowest BCUT2D eigenvalue weighted by molar-refractivity contribution is 0.521. The monoisotopic (exact) mass is 309 g/mol. The first kappa shape index (κ1) is 15.7. The number of nitrogens with zero attached hydrogens (tertiary/aromatic N) is 1. The van der Waals surface area contributed by atoms with Gasteiger partial charge in [0.1, 0.15) is 12.0 Å². The number of nitrogens with one attached hydrogen (secondary N) is 1. The number of benzene rings is 1. The molecule has 0 amide bonds. The summed E-state index contributed by atoms with van der Waals surface area (Å²) in [5.74, 6) is 0.572. The normalized spacial score (nSPS) is 11.7. The topological polar surface area (TPSA) is 98.2 Å². The number of sulfonamides is 1. The summed E-state index contributed by atoms with van der Waals surface area (Å²) in [6.07, 6.45) is 3.07. The number of unbranched alkanes of at least 4 members (excludes halogenated alkanes) is 1. The molecular formula is C14H19N3O3S. The molecule has 0 aliphatic carbocycles. The molecule has 21 heavy (non-hydrogen) atoms. The van der Waals surface area contributed by atoms with Crippen LogP contribution in [-0.2, 0) is 10.0 Å². The Morgan fingerprint density at radius 3 is 2.52 bits per heavy atom. The Kier molecular flexibility index (Phi) is 5.11. The van der Waals surface area contributed by atoms with Crippen molar-refractivity contribution in [1.82, 2.24) is 9.71 Å². The van der Waals surface area contributed by atoms with Gasteiger partial charge >= 0.3 is 0 Å². The molecule has 0 fully saturated rings. The maximum Gasteiger partial charge on any atom is 0.240 e. The van der Waals surface area contributed by atoms with Crippen molar-refractivity contribution in [1.29, 1.82) is 0 Å². The van der Waals surface area contributed by atoms with Crippen molar-refractivity contribution in [2.24, 2.45) is 5.73 Å². The first-order chi connectivity index (χ1) is 10.0. The Hall–Kier alpha value is -1.70. The number of nitrogens with two attached hydrogens (primary N) is 1. The molecule has 7 heteroatoms. The van der Waals surface area contributed by atoms with Gasteiger partial charge in [0.25, 0.3) is 0 Å². The van der Waals surface area contributed by atoms with Crippen molar-refractivity contribution in [3.05, 3.63) is 36.4 Å². The van der Waals surface area contributed by atoms with Crippen LogP contribution in [0.1, 0.15) is 18.7 Å². The molecule has 0 bridgehead atoms. The summed E-state index contributed by atoms with van der Waals surface area (Å²) >= 11 is 0. The summed E-state index contributed by atoms with van der Waals surface area (Å²) < 4.78 is 31.8. The molecule has 0 aliphatic heterocycles. The van der Waals surface area contributed by atoms with Crippen molar-refractivity contribution < 1.29 is 12.8 Å². The van der Waals surface area contributed by atoms with E-state index in [0.29, 0.717) is 24.7 Å². The van der Waals surface area contributed by atoms with E-state index in [9.17, 15) is 8.42 Å². The minimum Gasteiger partial charge on any atom is -0.449 e. The van der Waals surface area contributed by atoms with Crippen molar-refractivity contribution >= 4 is 10.0 Å². The van der Waals surface area contributed by atoms with E-state index in [-0.39, 0.29) is 4.90 Å². The fourth-order valence-corrected chi connectivity index (χ4v) is 2.93. The van der Waals surface area contributed by atoms with Crippen molar-refractivity contribution in [3.63, 3.8) is 0 Å². The van der Waals surface area contributed by atoms with Crippen LogP contribution in [0.25, 0.3) is 11.3 Å². The predicted octanol–water partition coefficient (Wildman–Crippen LogP) is 1.67. The molecule has 0 radical (unpaired) electrons. The molecule has 0 atom stereocenters. The molecule has 0 spiro atoms. The van der Waals surface area contributed by atoms with Crippen LogP contribution in [0.2, 0.25) is 0 Å². The predicted molar refractivity (Wildman–Crippen MR) is 80.2 cm³/mol. The summed E-state index contributed by atoms with van der Waals surface area (Å²) in [5, 5.41) is 0. The van der Waals surface area contributed by atoms with Gasteiger partial charge in [-0.05, 0) is 31.5 Å². The molecule has 1 aromatic carbocycles. The van der Waals surface area contributed by atoms with Gasteiger partial charge in [-0.1, -0.05) is 12.1 Å². The van der Waals surface area contributed by atoms with E-state index in [1.807, 2.05) is 0 Å². The summed E-state index contributed by atoms with van der Waals surface area (Å²) in [6, 6.07) is 6.55. The molecule has 2 rings (SSSR count). The smallest absolute Gasteiger partial charge is 0.240 e. The second kappa shape index (κ2) is 6.84. The molecule has 1 aromatic heterocycles. The molecule has 2 aromatic rings. The van der Waals surface area contributed by atoms with E-state index >= 15 is 0 Å². The SMILES string of the molecule is Cc1nc(-c2ccc(S(=O)(=O)NCCCCN)cc2)co1. The van der Waals surface area contributed by atoms with Crippen LogP contribution in [0.4, 0.5) is 0 Å². The summed E-state index contributed by atoms with van der Waals surface area (Å²) in [6.45, 7) is 2.71. The van der Waals surface area contributed by atoms with Crippen LogP contribution in [0.15, 0.2) is 39.8 Å². The number of oxazole rings is 1. The maximum atomic E-state index is 12.1. The summed E-state index contributed by atoms with van der Waals surface area (Å²) in [7, 11) is -3.47. The van der Waals surface area contributed by atoms with Gasteiger partial charge < -0.3 is 10.2 Å². The van der Waals surface area contributed by atoms with Gasteiger partial charge in [0, 0.05) is 19.0 Å². The van der Waals surface area contributed by atoms with Crippen LogP contribution in [0.5, 0.6) is 0 Å². The van der Waals surface area contributed by atoms with E-state index in [1.54, 1.807) is 37.5 Å². The Labute approximate surface area is 124 Å². The lowest BCUT2D eigenvalue weighted by atomic mass is 10.2. The third kappa shape index (κ3) is 4.13. The lowest BCUT2D eigenvalue weighted by Crippen LogP contribution is -2.25. The molecule has 6 nitrogen and oxygen atoms in total. The third-order valence-corrected chi connectivity index (χ3v) is 4.48. The molecule has 3 N–H and O–H groups in total. The van der Waals surface area contributed by atoms with Crippen molar-refractivity contribution in [3.8, 4) is 11.3 Å². The Balaban J connectivity index is 2.07. The number of aromatic nitrogens is 1. The lowest BCUT2D eigenvalue weighted by Gasteiger charge is -2.06. The third-order valence-electron chi connectivity index (χ3n) is 3.00. The Morgan fingerprint density at radius 2 is 1.95 bits per heavy atom. The van der Waals surface area contributed by atoms with Crippen LogP contribution in [0, 0.1) is 6.92 Å². The molecule has 0 unspecified atom stereocenters. The fraction of sp³-hybridized carbons (Fsp3) is 0.357. The number of hydrogen-bond acceptors (Lipinski definition) is 5. The highest BCUT2D eigenvalue weighted by Crippen LogP contribution is 2.20. The van der Waals surface area contributed by atoms with Gasteiger partial charge in [-0.2, -0.15) is 0 Å². The van der Waals surface area contributed by atoms with Gasteiger partial charge in [0.15, 0.2) is 5.89 Å². The maximum absolute atomic E-state index is 12.1. The zero-order valence-electron chi connectivity index (χ0n) is 11.9. The standard InChI is InChI=1S/C14H19N3O3S/c1-11-17-14(10-20-11)12-4-6-13(7-5-12)21(18,19)16-9-3-2-8-15/h4-7,10,16H,2-3,8-9,15H2,1H3. The van der Waals surface area contributed by atoms with E-state index in [4.69, 9.17) is 10.2 Å². The first-order valence-electron chi connectivity index (χ1n) is 6.75. The number of aryl methyl sites for hydroxylation is 1. The van der Waals surface area contributed by atoms with Gasteiger partial charge in [-0.25, -0.2) is 18.1 Å². The van der Waals surface area contributed by atoms with Gasteiger partial charge in [-0.3, -0.25) is 0 Å². The van der Waals surface area contributed by atoms with Crippen molar-refractivity contribution in [2.75, 3.05) is 13.1 Å².